The highest BCUT2D eigenvalue weighted by Crippen LogP contribution is 2.21. The fraction of sp³-hybridized carbons (Fsp3) is 0.273. The molecule has 1 N–H and O–H groups in total. The lowest BCUT2D eigenvalue weighted by Crippen LogP contribution is -2.15. The standard InChI is InChI=1S/C11H11F3N4/c1-2-8-7-9(15-4-3-11(12,13)14)10-16-5-6-18(10)17-8/h2,5-7,15H,1,3-4H2. The Morgan fingerprint density at radius 3 is 2.89 bits per heavy atom. The second kappa shape index (κ2) is 4.67. The van der Waals surface area contributed by atoms with Gasteiger partial charge in [-0.15, -0.1) is 0 Å². The number of fused-ring (bicyclic) bond motifs is 1. The van der Waals surface area contributed by atoms with Crippen molar-refractivity contribution in [3.05, 3.63) is 30.7 Å². The molecule has 0 aliphatic rings. The minimum Gasteiger partial charge on any atom is -0.382 e. The SMILES string of the molecule is C=Cc1cc(NCCC(F)(F)F)c2nccn2n1. The molecule has 0 amide bonds. The van der Waals surface area contributed by atoms with Crippen molar-refractivity contribution in [2.75, 3.05) is 11.9 Å². The largest absolute Gasteiger partial charge is 0.390 e. The third kappa shape index (κ3) is 2.79. The molecule has 7 heteroatoms. The van der Waals surface area contributed by atoms with Crippen LogP contribution in [-0.2, 0) is 0 Å². The van der Waals surface area contributed by atoms with Gasteiger partial charge < -0.3 is 5.32 Å². The Morgan fingerprint density at radius 2 is 2.22 bits per heavy atom. The Balaban J connectivity index is 2.21. The van der Waals surface area contributed by atoms with Gasteiger partial charge in [0.25, 0.3) is 0 Å². The first-order valence-corrected chi connectivity index (χ1v) is 5.27. The Kier molecular flexibility index (Phi) is 3.22. The Morgan fingerprint density at radius 1 is 1.44 bits per heavy atom. The van der Waals surface area contributed by atoms with E-state index in [-0.39, 0.29) is 6.54 Å². The first-order valence-electron chi connectivity index (χ1n) is 5.27. The summed E-state index contributed by atoms with van der Waals surface area (Å²) in [4.78, 5) is 4.03. The molecule has 18 heavy (non-hydrogen) atoms. The molecule has 0 spiro atoms. The highest BCUT2D eigenvalue weighted by molar-refractivity contribution is 5.69. The predicted molar refractivity (Wildman–Crippen MR) is 62.2 cm³/mol. The van der Waals surface area contributed by atoms with Gasteiger partial charge in [-0.2, -0.15) is 18.3 Å². The lowest BCUT2D eigenvalue weighted by molar-refractivity contribution is -0.131. The molecule has 0 aliphatic heterocycles. The van der Waals surface area contributed by atoms with E-state index in [0.717, 1.165) is 0 Å². The quantitative estimate of drug-likeness (QED) is 0.914. The molecule has 2 aromatic heterocycles. The molecule has 0 bridgehead atoms. The molecule has 96 valence electrons. The summed E-state index contributed by atoms with van der Waals surface area (Å²) in [6, 6.07) is 1.62. The molecule has 0 aromatic carbocycles. The number of anilines is 1. The van der Waals surface area contributed by atoms with E-state index in [1.54, 1.807) is 12.3 Å². The van der Waals surface area contributed by atoms with E-state index in [1.165, 1.54) is 16.8 Å². The van der Waals surface area contributed by atoms with Crippen molar-refractivity contribution in [2.24, 2.45) is 0 Å². The van der Waals surface area contributed by atoms with E-state index >= 15 is 0 Å². The molecule has 0 saturated carbocycles. The fourth-order valence-corrected chi connectivity index (χ4v) is 1.50. The minimum atomic E-state index is -4.17. The van der Waals surface area contributed by atoms with Crippen LogP contribution in [0.2, 0.25) is 0 Å². The zero-order valence-corrected chi connectivity index (χ0v) is 9.41. The number of rotatable bonds is 4. The van der Waals surface area contributed by atoms with Crippen molar-refractivity contribution in [3.63, 3.8) is 0 Å². The van der Waals surface area contributed by atoms with Gasteiger partial charge in [0.2, 0.25) is 0 Å². The van der Waals surface area contributed by atoms with Crippen LogP contribution in [0, 0.1) is 0 Å². The van der Waals surface area contributed by atoms with Gasteiger partial charge in [0, 0.05) is 18.9 Å². The molecule has 2 heterocycles. The average Bonchev–Trinajstić information content (AvgIpc) is 2.75. The van der Waals surface area contributed by atoms with Crippen molar-refractivity contribution in [1.82, 2.24) is 14.6 Å². The molecule has 2 aromatic rings. The third-order valence-electron chi connectivity index (χ3n) is 2.31. The van der Waals surface area contributed by atoms with E-state index in [2.05, 4.69) is 22.0 Å². The van der Waals surface area contributed by atoms with Crippen LogP contribution in [0.15, 0.2) is 25.0 Å². The van der Waals surface area contributed by atoms with Crippen molar-refractivity contribution in [1.29, 1.82) is 0 Å². The zero-order chi connectivity index (χ0) is 13.2. The van der Waals surface area contributed by atoms with E-state index in [9.17, 15) is 13.2 Å². The molecule has 0 aliphatic carbocycles. The molecule has 0 radical (unpaired) electrons. The second-order valence-electron chi connectivity index (χ2n) is 3.67. The maximum absolute atomic E-state index is 12.1. The molecular formula is C11H11F3N4. The van der Waals surface area contributed by atoms with Crippen LogP contribution >= 0.6 is 0 Å². The number of imidazole rings is 1. The van der Waals surface area contributed by atoms with Gasteiger partial charge in [0.1, 0.15) is 0 Å². The van der Waals surface area contributed by atoms with Crippen LogP contribution in [0.4, 0.5) is 18.9 Å². The molecular weight excluding hydrogens is 245 g/mol. The van der Waals surface area contributed by atoms with E-state index in [1.807, 2.05) is 0 Å². The summed E-state index contributed by atoms with van der Waals surface area (Å²) in [5.74, 6) is 0. The Bertz CT molecular complexity index is 559. The van der Waals surface area contributed by atoms with E-state index < -0.39 is 12.6 Å². The minimum absolute atomic E-state index is 0.202. The smallest absolute Gasteiger partial charge is 0.382 e. The van der Waals surface area contributed by atoms with E-state index in [4.69, 9.17) is 0 Å². The number of halogens is 3. The van der Waals surface area contributed by atoms with Crippen LogP contribution in [0.25, 0.3) is 11.7 Å². The van der Waals surface area contributed by atoms with Gasteiger partial charge in [-0.25, -0.2) is 9.50 Å². The predicted octanol–water partition coefficient (Wildman–Crippen LogP) is 2.74. The van der Waals surface area contributed by atoms with Gasteiger partial charge >= 0.3 is 6.18 Å². The normalized spacial score (nSPS) is 11.7. The summed E-state index contributed by atoms with van der Waals surface area (Å²) in [5.41, 5.74) is 1.56. The van der Waals surface area contributed by atoms with Crippen molar-refractivity contribution < 1.29 is 13.2 Å². The summed E-state index contributed by atoms with van der Waals surface area (Å²) in [6.45, 7) is 3.38. The van der Waals surface area contributed by atoms with Crippen LogP contribution in [0.1, 0.15) is 12.1 Å². The molecule has 2 rings (SSSR count). The van der Waals surface area contributed by atoms with Gasteiger partial charge in [0.05, 0.1) is 17.8 Å². The fourth-order valence-electron chi connectivity index (χ4n) is 1.50. The van der Waals surface area contributed by atoms with Gasteiger partial charge in [-0.05, 0) is 12.1 Å². The van der Waals surface area contributed by atoms with Crippen LogP contribution in [0.5, 0.6) is 0 Å². The lowest BCUT2D eigenvalue weighted by Gasteiger charge is -2.10. The number of hydrogen-bond acceptors (Lipinski definition) is 3. The second-order valence-corrected chi connectivity index (χ2v) is 3.67. The van der Waals surface area contributed by atoms with Gasteiger partial charge in [-0.3, -0.25) is 0 Å². The Labute approximate surface area is 101 Å². The summed E-state index contributed by atoms with van der Waals surface area (Å²) in [6.07, 6.45) is -0.394. The third-order valence-corrected chi connectivity index (χ3v) is 2.31. The molecule has 0 atom stereocenters. The maximum Gasteiger partial charge on any atom is 0.390 e. The van der Waals surface area contributed by atoms with Crippen molar-refractivity contribution >= 4 is 17.4 Å². The van der Waals surface area contributed by atoms with Crippen LogP contribution < -0.4 is 5.32 Å². The Hall–Kier alpha value is -2.05. The molecule has 0 unspecified atom stereocenters. The monoisotopic (exact) mass is 256 g/mol. The summed E-state index contributed by atoms with van der Waals surface area (Å²) in [5, 5.41) is 6.86. The number of alkyl halides is 3. The van der Waals surface area contributed by atoms with Crippen LogP contribution in [0.3, 0.4) is 0 Å². The highest BCUT2D eigenvalue weighted by atomic mass is 19.4. The summed E-state index contributed by atoms with van der Waals surface area (Å²) < 4.78 is 37.7. The number of nitrogens with one attached hydrogen (secondary N) is 1. The summed E-state index contributed by atoms with van der Waals surface area (Å²) >= 11 is 0. The van der Waals surface area contributed by atoms with Gasteiger partial charge in [-0.1, -0.05) is 6.58 Å². The maximum atomic E-state index is 12.1. The van der Waals surface area contributed by atoms with Crippen molar-refractivity contribution in [3.8, 4) is 0 Å². The average molecular weight is 256 g/mol. The summed E-state index contributed by atoms with van der Waals surface area (Å²) in [7, 11) is 0. The topological polar surface area (TPSA) is 42.2 Å². The van der Waals surface area contributed by atoms with Gasteiger partial charge in [0.15, 0.2) is 5.65 Å². The first-order chi connectivity index (χ1) is 8.49. The zero-order valence-electron chi connectivity index (χ0n) is 9.41. The van der Waals surface area contributed by atoms with E-state index in [0.29, 0.717) is 17.0 Å². The number of hydrogen-bond donors (Lipinski definition) is 1. The molecule has 0 saturated heterocycles. The number of nitrogens with zero attached hydrogens (tertiary/aromatic N) is 3. The number of aromatic nitrogens is 3. The molecule has 0 fully saturated rings. The lowest BCUT2D eigenvalue weighted by atomic mass is 10.3. The first kappa shape index (κ1) is 12.4. The van der Waals surface area contributed by atoms with Crippen molar-refractivity contribution in [2.45, 2.75) is 12.6 Å². The van der Waals surface area contributed by atoms with Crippen LogP contribution in [-0.4, -0.2) is 27.3 Å². The molecule has 4 nitrogen and oxygen atoms in total. The highest BCUT2D eigenvalue weighted by Gasteiger charge is 2.26.